The van der Waals surface area contributed by atoms with Gasteiger partial charge in [0, 0.05) is 12.2 Å². The third kappa shape index (κ3) is 4.95. The fourth-order valence-electron chi connectivity index (χ4n) is 2.13. The van der Waals surface area contributed by atoms with E-state index in [-0.39, 0.29) is 0 Å². The molecule has 3 nitrogen and oxygen atoms in total. The van der Waals surface area contributed by atoms with Crippen LogP contribution in [-0.4, -0.2) is 25.7 Å². The smallest absolute Gasteiger partial charge is 0.119 e. The van der Waals surface area contributed by atoms with Crippen LogP contribution in [-0.2, 0) is 0 Å². The van der Waals surface area contributed by atoms with Crippen LogP contribution in [0.15, 0.2) is 35.9 Å². The van der Waals surface area contributed by atoms with E-state index in [9.17, 15) is 0 Å². The second-order valence-electron chi connectivity index (χ2n) is 5.25. The molecule has 2 N–H and O–H groups in total. The maximum absolute atomic E-state index is 5.97. The van der Waals surface area contributed by atoms with E-state index in [0.717, 1.165) is 43.9 Å². The van der Waals surface area contributed by atoms with E-state index in [1.807, 2.05) is 12.1 Å². The monoisotopic (exact) mass is 260 g/mol. The van der Waals surface area contributed by atoms with Crippen LogP contribution in [0.2, 0.25) is 0 Å². The van der Waals surface area contributed by atoms with E-state index in [0.29, 0.717) is 6.10 Å². The Labute approximate surface area is 116 Å². The molecule has 1 heterocycles. The van der Waals surface area contributed by atoms with E-state index in [1.54, 1.807) is 0 Å². The van der Waals surface area contributed by atoms with Crippen LogP contribution < -0.4 is 15.4 Å². The number of rotatable bonds is 5. The highest BCUT2D eigenvalue weighted by molar-refractivity contribution is 5.46. The molecule has 3 heteroatoms. The Balaban J connectivity index is 1.82. The number of ether oxygens (including phenoxy) is 1. The molecule has 0 aliphatic carbocycles. The second-order valence-corrected chi connectivity index (χ2v) is 5.25. The molecule has 0 spiro atoms. The molecule has 1 aromatic rings. The number of anilines is 1. The standard InChI is InChI=1S/C16H24N2O/c1-13(2)7-12-18-14-3-5-15(6-4-14)19-16-8-10-17-11-9-16/h3-7,16-18H,8-12H2,1-2H3. The minimum absolute atomic E-state index is 0.366. The number of piperidine rings is 1. The van der Waals surface area contributed by atoms with Crippen molar-refractivity contribution in [1.29, 1.82) is 0 Å². The Hall–Kier alpha value is -1.48. The minimum Gasteiger partial charge on any atom is -0.490 e. The van der Waals surface area contributed by atoms with Crippen molar-refractivity contribution in [3.8, 4) is 5.75 Å². The van der Waals surface area contributed by atoms with Crippen molar-refractivity contribution in [1.82, 2.24) is 5.32 Å². The van der Waals surface area contributed by atoms with Crippen LogP contribution in [0.5, 0.6) is 5.75 Å². The molecule has 104 valence electrons. The first-order valence-electron chi connectivity index (χ1n) is 7.09. The average molecular weight is 260 g/mol. The van der Waals surface area contributed by atoms with Gasteiger partial charge in [0.05, 0.1) is 0 Å². The fraction of sp³-hybridized carbons (Fsp3) is 0.500. The Kier molecular flexibility index (Phi) is 5.28. The van der Waals surface area contributed by atoms with E-state index in [4.69, 9.17) is 4.74 Å². The molecular weight excluding hydrogens is 236 g/mol. The Morgan fingerprint density at radius 3 is 2.58 bits per heavy atom. The Bertz CT molecular complexity index is 401. The van der Waals surface area contributed by atoms with Gasteiger partial charge >= 0.3 is 0 Å². The molecule has 0 saturated carbocycles. The molecule has 1 aliphatic heterocycles. The highest BCUT2D eigenvalue weighted by Gasteiger charge is 2.13. The summed E-state index contributed by atoms with van der Waals surface area (Å²) in [5.41, 5.74) is 2.47. The zero-order valence-electron chi connectivity index (χ0n) is 11.9. The SMILES string of the molecule is CC(C)=CCNc1ccc(OC2CCNCC2)cc1. The first-order chi connectivity index (χ1) is 9.24. The van der Waals surface area contributed by atoms with Crippen LogP contribution in [0.25, 0.3) is 0 Å². The van der Waals surface area contributed by atoms with Gasteiger partial charge in [0.1, 0.15) is 11.9 Å². The third-order valence-electron chi connectivity index (χ3n) is 3.26. The molecule has 0 bridgehead atoms. The molecule has 1 aliphatic rings. The lowest BCUT2D eigenvalue weighted by Crippen LogP contribution is -2.34. The predicted molar refractivity (Wildman–Crippen MR) is 80.9 cm³/mol. The van der Waals surface area contributed by atoms with Crippen LogP contribution in [0.3, 0.4) is 0 Å². The molecule has 1 aromatic carbocycles. The Morgan fingerprint density at radius 1 is 1.26 bits per heavy atom. The van der Waals surface area contributed by atoms with E-state index >= 15 is 0 Å². The van der Waals surface area contributed by atoms with Gasteiger partial charge in [-0.1, -0.05) is 11.6 Å². The van der Waals surface area contributed by atoms with Crippen molar-refractivity contribution in [2.24, 2.45) is 0 Å². The molecule has 0 radical (unpaired) electrons. The molecule has 0 aromatic heterocycles. The summed E-state index contributed by atoms with van der Waals surface area (Å²) in [6.07, 6.45) is 4.74. The lowest BCUT2D eigenvalue weighted by molar-refractivity contribution is 0.162. The molecule has 0 amide bonds. The zero-order valence-corrected chi connectivity index (χ0v) is 11.9. The molecule has 1 saturated heterocycles. The number of hydrogen-bond donors (Lipinski definition) is 2. The van der Waals surface area contributed by atoms with Gasteiger partial charge < -0.3 is 15.4 Å². The topological polar surface area (TPSA) is 33.3 Å². The van der Waals surface area contributed by atoms with Crippen molar-refractivity contribution in [2.45, 2.75) is 32.8 Å². The van der Waals surface area contributed by atoms with Crippen LogP contribution in [0.1, 0.15) is 26.7 Å². The molecular formula is C16H24N2O. The van der Waals surface area contributed by atoms with E-state index in [2.05, 4.69) is 42.7 Å². The summed E-state index contributed by atoms with van der Waals surface area (Å²) in [5, 5.41) is 6.71. The minimum atomic E-state index is 0.366. The number of benzene rings is 1. The number of allylic oxidation sites excluding steroid dienone is 1. The summed E-state index contributed by atoms with van der Waals surface area (Å²) >= 11 is 0. The highest BCUT2D eigenvalue weighted by Crippen LogP contribution is 2.19. The Morgan fingerprint density at radius 2 is 1.95 bits per heavy atom. The van der Waals surface area contributed by atoms with Crippen LogP contribution in [0, 0.1) is 0 Å². The van der Waals surface area contributed by atoms with Gasteiger partial charge in [-0.05, 0) is 64.0 Å². The average Bonchev–Trinajstić information content (AvgIpc) is 2.42. The van der Waals surface area contributed by atoms with Crippen molar-refractivity contribution in [3.05, 3.63) is 35.9 Å². The summed E-state index contributed by atoms with van der Waals surface area (Å²) in [7, 11) is 0. The van der Waals surface area contributed by atoms with Crippen LogP contribution >= 0.6 is 0 Å². The van der Waals surface area contributed by atoms with Gasteiger partial charge in [-0.25, -0.2) is 0 Å². The largest absolute Gasteiger partial charge is 0.490 e. The molecule has 0 unspecified atom stereocenters. The van der Waals surface area contributed by atoms with Gasteiger partial charge in [-0.2, -0.15) is 0 Å². The maximum Gasteiger partial charge on any atom is 0.119 e. The van der Waals surface area contributed by atoms with Crippen molar-refractivity contribution in [2.75, 3.05) is 25.0 Å². The third-order valence-corrected chi connectivity index (χ3v) is 3.26. The molecule has 2 rings (SSSR count). The van der Waals surface area contributed by atoms with E-state index < -0.39 is 0 Å². The summed E-state index contributed by atoms with van der Waals surface area (Å²) in [6, 6.07) is 8.25. The summed E-state index contributed by atoms with van der Waals surface area (Å²) in [4.78, 5) is 0. The highest BCUT2D eigenvalue weighted by atomic mass is 16.5. The first kappa shape index (κ1) is 13.9. The van der Waals surface area contributed by atoms with Crippen molar-refractivity contribution >= 4 is 5.69 Å². The molecule has 19 heavy (non-hydrogen) atoms. The lowest BCUT2D eigenvalue weighted by Gasteiger charge is -2.23. The number of hydrogen-bond acceptors (Lipinski definition) is 3. The normalized spacial score (nSPS) is 15.9. The van der Waals surface area contributed by atoms with Gasteiger partial charge in [0.2, 0.25) is 0 Å². The van der Waals surface area contributed by atoms with Gasteiger partial charge in [-0.15, -0.1) is 0 Å². The quantitative estimate of drug-likeness (QED) is 0.798. The van der Waals surface area contributed by atoms with Gasteiger partial charge in [-0.3, -0.25) is 0 Å². The second kappa shape index (κ2) is 7.19. The van der Waals surface area contributed by atoms with Crippen LogP contribution in [0.4, 0.5) is 5.69 Å². The van der Waals surface area contributed by atoms with Gasteiger partial charge in [0.15, 0.2) is 0 Å². The van der Waals surface area contributed by atoms with Gasteiger partial charge in [0.25, 0.3) is 0 Å². The first-order valence-corrected chi connectivity index (χ1v) is 7.09. The fourth-order valence-corrected chi connectivity index (χ4v) is 2.13. The maximum atomic E-state index is 5.97. The zero-order chi connectivity index (χ0) is 13.5. The van der Waals surface area contributed by atoms with E-state index in [1.165, 1.54) is 5.57 Å². The van der Waals surface area contributed by atoms with Crippen molar-refractivity contribution in [3.63, 3.8) is 0 Å². The predicted octanol–water partition coefficient (Wildman–Crippen LogP) is 3.20. The summed E-state index contributed by atoms with van der Waals surface area (Å²) in [5.74, 6) is 0.972. The summed E-state index contributed by atoms with van der Waals surface area (Å²) in [6.45, 7) is 7.21. The molecule has 0 atom stereocenters. The molecule has 1 fully saturated rings. The number of nitrogens with one attached hydrogen (secondary N) is 2. The summed E-state index contributed by atoms with van der Waals surface area (Å²) < 4.78 is 5.97. The lowest BCUT2D eigenvalue weighted by atomic mass is 10.1. The van der Waals surface area contributed by atoms with Crippen molar-refractivity contribution < 1.29 is 4.74 Å².